The number of anilines is 2. The number of hydrogen-bond acceptors (Lipinski definition) is 5. The Morgan fingerprint density at radius 2 is 1.52 bits per heavy atom. The molecule has 0 aliphatic carbocycles. The fourth-order valence-electron chi connectivity index (χ4n) is 2.21. The van der Waals surface area contributed by atoms with Crippen molar-refractivity contribution in [1.29, 1.82) is 0 Å². The number of benzene rings is 2. The summed E-state index contributed by atoms with van der Waals surface area (Å²) in [5.74, 6) is -1.08. The highest BCUT2D eigenvalue weighted by atomic mass is 16.4. The molecule has 0 spiro atoms. The molecule has 3 rings (SSSR count). The lowest BCUT2D eigenvalue weighted by molar-refractivity contribution is -0.132. The zero-order valence-corrected chi connectivity index (χ0v) is 13.3. The quantitative estimate of drug-likeness (QED) is 0.733. The van der Waals surface area contributed by atoms with Gasteiger partial charge in [-0.2, -0.15) is 0 Å². The number of rotatable bonds is 1. The summed E-state index contributed by atoms with van der Waals surface area (Å²) in [7, 11) is 0. The molecule has 0 radical (unpaired) electrons. The van der Waals surface area contributed by atoms with Crippen LogP contribution in [0.25, 0.3) is 0 Å². The van der Waals surface area contributed by atoms with Gasteiger partial charge in [-0.05, 0) is 36.4 Å². The molecule has 0 amide bonds. The third-order valence-electron chi connectivity index (χ3n) is 3.40. The van der Waals surface area contributed by atoms with Gasteiger partial charge in [-0.15, -0.1) is 0 Å². The van der Waals surface area contributed by atoms with E-state index in [-0.39, 0.29) is 5.70 Å². The average molecular weight is 332 g/mol. The summed E-state index contributed by atoms with van der Waals surface area (Å²) < 4.78 is 0. The number of allylic oxidation sites excluding steroid dienone is 2. The third kappa shape index (κ3) is 4.20. The number of nitrogens with one attached hydrogen (secondary N) is 2. The lowest BCUT2D eigenvalue weighted by Crippen LogP contribution is -2.10. The van der Waals surface area contributed by atoms with Crippen LogP contribution in [0.15, 0.2) is 82.6 Å². The molecule has 0 fully saturated rings. The van der Waals surface area contributed by atoms with Crippen LogP contribution in [0.2, 0.25) is 0 Å². The van der Waals surface area contributed by atoms with E-state index < -0.39 is 5.97 Å². The van der Waals surface area contributed by atoms with E-state index in [4.69, 9.17) is 0 Å². The predicted molar refractivity (Wildman–Crippen MR) is 101 cm³/mol. The third-order valence-corrected chi connectivity index (χ3v) is 3.40. The number of aliphatic imine (C=N–C) groups is 2. The summed E-state index contributed by atoms with van der Waals surface area (Å²) in [6.07, 6.45) is 8.03. The maximum atomic E-state index is 11.5. The topological polar surface area (TPSA) is 86.1 Å². The van der Waals surface area contributed by atoms with Crippen molar-refractivity contribution in [1.82, 2.24) is 0 Å². The Hall–Kier alpha value is -3.67. The van der Waals surface area contributed by atoms with E-state index in [1.54, 1.807) is 30.6 Å². The van der Waals surface area contributed by atoms with Crippen molar-refractivity contribution in [3.05, 3.63) is 72.6 Å². The molecule has 124 valence electrons. The fourth-order valence-corrected chi connectivity index (χ4v) is 2.21. The molecule has 2 aromatic carbocycles. The molecule has 0 saturated heterocycles. The van der Waals surface area contributed by atoms with Gasteiger partial charge in [-0.1, -0.05) is 24.3 Å². The summed E-state index contributed by atoms with van der Waals surface area (Å²) in [4.78, 5) is 20.2. The Kier molecular flexibility index (Phi) is 5.01. The minimum atomic E-state index is -1.08. The number of carbonyl (C=O) groups is 1. The van der Waals surface area contributed by atoms with Crippen molar-refractivity contribution in [3.8, 4) is 0 Å². The molecule has 1 aliphatic rings. The maximum Gasteiger partial charge on any atom is 0.352 e. The van der Waals surface area contributed by atoms with E-state index in [9.17, 15) is 9.90 Å². The Morgan fingerprint density at radius 1 is 0.880 bits per heavy atom. The van der Waals surface area contributed by atoms with Crippen molar-refractivity contribution in [2.75, 3.05) is 10.6 Å². The molecule has 1 heterocycles. The van der Waals surface area contributed by atoms with Crippen LogP contribution in [0.4, 0.5) is 22.7 Å². The standard InChI is InChI=1S/C19H16N4O2/c24-19(25)18-10-13-22-15-7-2-1-6-14(15)20-11-5-12-21-16-8-3-4-9-17(16)23-18/h1-13,20,23H,(H,24,25). The minimum Gasteiger partial charge on any atom is -0.477 e. The van der Waals surface area contributed by atoms with Gasteiger partial charge in [-0.3, -0.25) is 9.98 Å². The molecular weight excluding hydrogens is 316 g/mol. The van der Waals surface area contributed by atoms with Gasteiger partial charge in [-0.25, -0.2) is 4.79 Å². The SMILES string of the molecule is O=C(O)C1=CC=Nc2ccccc2NC=CC=Nc2ccccc2N1. The van der Waals surface area contributed by atoms with Crippen LogP contribution in [0.3, 0.4) is 0 Å². The van der Waals surface area contributed by atoms with Gasteiger partial charge >= 0.3 is 5.97 Å². The second-order valence-electron chi connectivity index (χ2n) is 5.10. The Bertz CT molecular complexity index is 898. The number of nitrogens with zero attached hydrogens (tertiary/aromatic N) is 2. The fraction of sp³-hybridized carbons (Fsp3) is 0. The van der Waals surface area contributed by atoms with Crippen molar-refractivity contribution < 1.29 is 9.90 Å². The molecule has 0 atom stereocenters. The number of carboxylic acid groups (broad SMARTS) is 1. The highest BCUT2D eigenvalue weighted by Crippen LogP contribution is 2.26. The van der Waals surface area contributed by atoms with Crippen molar-refractivity contribution in [3.63, 3.8) is 0 Å². The normalized spacial score (nSPS) is 13.5. The predicted octanol–water partition coefficient (Wildman–Crippen LogP) is 4.11. The highest BCUT2D eigenvalue weighted by Gasteiger charge is 2.09. The van der Waals surface area contributed by atoms with Crippen LogP contribution < -0.4 is 10.6 Å². The Labute approximate surface area is 145 Å². The van der Waals surface area contributed by atoms with Gasteiger partial charge in [0.15, 0.2) is 0 Å². The Balaban J connectivity index is 2.04. The Morgan fingerprint density at radius 3 is 2.28 bits per heavy atom. The first-order valence-electron chi connectivity index (χ1n) is 7.62. The molecule has 25 heavy (non-hydrogen) atoms. The smallest absolute Gasteiger partial charge is 0.352 e. The number of aliphatic carboxylic acids is 1. The second kappa shape index (κ2) is 7.74. The number of carboxylic acids is 1. The molecule has 3 N–H and O–H groups in total. The largest absolute Gasteiger partial charge is 0.477 e. The average Bonchev–Trinajstić information content (AvgIpc) is 2.62. The zero-order chi connectivity index (χ0) is 17.5. The van der Waals surface area contributed by atoms with E-state index in [0.29, 0.717) is 17.1 Å². The maximum absolute atomic E-state index is 11.5. The number of hydrogen-bond donors (Lipinski definition) is 3. The second-order valence-corrected chi connectivity index (χ2v) is 5.10. The molecule has 6 nitrogen and oxygen atoms in total. The lowest BCUT2D eigenvalue weighted by atomic mass is 10.2. The van der Waals surface area contributed by atoms with Crippen LogP contribution in [0.1, 0.15) is 0 Å². The molecule has 0 bridgehead atoms. The van der Waals surface area contributed by atoms with Crippen molar-refractivity contribution in [2.45, 2.75) is 0 Å². The monoisotopic (exact) mass is 332 g/mol. The van der Waals surface area contributed by atoms with Crippen LogP contribution in [0.5, 0.6) is 0 Å². The van der Waals surface area contributed by atoms with Crippen LogP contribution in [-0.4, -0.2) is 23.5 Å². The van der Waals surface area contributed by atoms with E-state index >= 15 is 0 Å². The van der Waals surface area contributed by atoms with E-state index in [2.05, 4.69) is 20.6 Å². The van der Waals surface area contributed by atoms with Gasteiger partial charge in [0.2, 0.25) is 0 Å². The van der Waals surface area contributed by atoms with Gasteiger partial charge in [0.1, 0.15) is 5.70 Å². The van der Waals surface area contributed by atoms with E-state index in [1.807, 2.05) is 36.4 Å². The van der Waals surface area contributed by atoms with E-state index in [1.165, 1.54) is 12.3 Å². The van der Waals surface area contributed by atoms with Gasteiger partial charge < -0.3 is 15.7 Å². The molecular formula is C19H16N4O2. The highest BCUT2D eigenvalue weighted by molar-refractivity contribution is 5.97. The number of para-hydroxylation sites is 4. The summed E-state index contributed by atoms with van der Waals surface area (Å²) in [5.41, 5.74) is 2.74. The first-order valence-corrected chi connectivity index (χ1v) is 7.62. The van der Waals surface area contributed by atoms with Crippen LogP contribution in [-0.2, 0) is 4.79 Å². The van der Waals surface area contributed by atoms with Gasteiger partial charge in [0, 0.05) is 18.6 Å². The number of fused-ring (bicyclic) bond motifs is 2. The molecule has 0 aromatic heterocycles. The molecule has 0 saturated carbocycles. The van der Waals surface area contributed by atoms with Crippen molar-refractivity contribution in [2.24, 2.45) is 9.98 Å². The summed E-state index contributed by atoms with van der Waals surface area (Å²) in [6, 6.07) is 14.7. The first-order chi connectivity index (χ1) is 12.2. The minimum absolute atomic E-state index is 0.00411. The summed E-state index contributed by atoms with van der Waals surface area (Å²) in [6.45, 7) is 0. The molecule has 2 aromatic rings. The van der Waals surface area contributed by atoms with Crippen molar-refractivity contribution >= 4 is 41.1 Å². The van der Waals surface area contributed by atoms with Crippen LogP contribution in [0, 0.1) is 0 Å². The van der Waals surface area contributed by atoms with Gasteiger partial charge in [0.05, 0.1) is 22.7 Å². The molecule has 6 heteroatoms. The van der Waals surface area contributed by atoms with E-state index in [0.717, 1.165) is 5.69 Å². The lowest BCUT2D eigenvalue weighted by Gasteiger charge is -2.09. The molecule has 0 unspecified atom stereocenters. The van der Waals surface area contributed by atoms with Crippen LogP contribution >= 0.6 is 0 Å². The molecule has 1 aliphatic heterocycles. The van der Waals surface area contributed by atoms with Gasteiger partial charge in [0.25, 0.3) is 0 Å². The first kappa shape index (κ1) is 16.2. The summed E-state index contributed by atoms with van der Waals surface area (Å²) >= 11 is 0. The zero-order valence-electron chi connectivity index (χ0n) is 13.3. The summed E-state index contributed by atoms with van der Waals surface area (Å²) in [5, 5.41) is 15.4.